The van der Waals surface area contributed by atoms with Crippen LogP contribution in [-0.2, 0) is 0 Å². The van der Waals surface area contributed by atoms with Crippen molar-refractivity contribution >= 4 is 11.8 Å². The van der Waals surface area contributed by atoms with Crippen LogP contribution in [0, 0.1) is 5.41 Å². The van der Waals surface area contributed by atoms with Crippen molar-refractivity contribution in [3.63, 3.8) is 0 Å². The Balaban J connectivity index is 2.41. The lowest BCUT2D eigenvalue weighted by Gasteiger charge is -2.32. The summed E-state index contributed by atoms with van der Waals surface area (Å²) in [4.78, 5) is 0. The molecule has 54 valence electrons. The van der Waals surface area contributed by atoms with Gasteiger partial charge in [0.15, 0.2) is 0 Å². The molecule has 1 heteroatoms. The highest BCUT2D eigenvalue weighted by Gasteiger charge is 2.25. The zero-order valence-corrected chi connectivity index (χ0v) is 7.42. The van der Waals surface area contributed by atoms with Crippen LogP contribution in [0.1, 0.15) is 33.6 Å². The van der Waals surface area contributed by atoms with Crippen molar-refractivity contribution in [1.82, 2.24) is 0 Å². The molecule has 1 atom stereocenters. The van der Waals surface area contributed by atoms with E-state index in [1.165, 1.54) is 18.6 Å². The van der Waals surface area contributed by atoms with Gasteiger partial charge in [0.05, 0.1) is 0 Å². The van der Waals surface area contributed by atoms with Crippen LogP contribution >= 0.6 is 11.8 Å². The van der Waals surface area contributed by atoms with E-state index in [9.17, 15) is 0 Å². The van der Waals surface area contributed by atoms with Gasteiger partial charge in [0, 0.05) is 5.25 Å². The maximum Gasteiger partial charge on any atom is 0.00238 e. The van der Waals surface area contributed by atoms with Crippen molar-refractivity contribution in [2.75, 3.05) is 5.75 Å². The minimum absolute atomic E-state index is 0.630. The lowest BCUT2D eigenvalue weighted by molar-refractivity contribution is 0.316. The Kier molecular flexibility index (Phi) is 2.10. The molecule has 1 rings (SSSR count). The van der Waals surface area contributed by atoms with E-state index in [2.05, 4.69) is 32.5 Å². The third kappa shape index (κ3) is 2.21. The van der Waals surface area contributed by atoms with E-state index >= 15 is 0 Å². The number of rotatable bonds is 0. The molecule has 1 heterocycles. The molecule has 0 amide bonds. The molecular weight excluding hydrogens is 128 g/mol. The van der Waals surface area contributed by atoms with Gasteiger partial charge in [0.1, 0.15) is 0 Å². The van der Waals surface area contributed by atoms with E-state index in [1.807, 2.05) is 0 Å². The van der Waals surface area contributed by atoms with Crippen LogP contribution in [0.5, 0.6) is 0 Å². The summed E-state index contributed by atoms with van der Waals surface area (Å²) in [5.41, 5.74) is 0.630. The Morgan fingerprint density at radius 2 is 2.11 bits per heavy atom. The van der Waals surface area contributed by atoms with Crippen LogP contribution in [0.4, 0.5) is 0 Å². The van der Waals surface area contributed by atoms with E-state index in [0.717, 1.165) is 5.25 Å². The summed E-state index contributed by atoms with van der Waals surface area (Å²) < 4.78 is 0. The summed E-state index contributed by atoms with van der Waals surface area (Å²) in [5.74, 6) is 1.37. The van der Waals surface area contributed by atoms with Crippen LogP contribution in [0.25, 0.3) is 0 Å². The summed E-state index contributed by atoms with van der Waals surface area (Å²) in [6.45, 7) is 7.10. The van der Waals surface area contributed by atoms with Gasteiger partial charge in [0.25, 0.3) is 0 Å². The first-order chi connectivity index (χ1) is 4.10. The predicted octanol–water partition coefficient (Wildman–Crippen LogP) is 2.93. The van der Waals surface area contributed by atoms with E-state index in [-0.39, 0.29) is 0 Å². The van der Waals surface area contributed by atoms with Gasteiger partial charge in [-0.15, -0.1) is 0 Å². The lowest BCUT2D eigenvalue weighted by atomic mass is 9.85. The molecule has 1 fully saturated rings. The molecule has 0 aromatic rings. The molecule has 0 aliphatic carbocycles. The Bertz CT molecular complexity index is 96.7. The minimum atomic E-state index is 0.630. The van der Waals surface area contributed by atoms with Crippen LogP contribution in [0.2, 0.25) is 0 Å². The Morgan fingerprint density at radius 1 is 1.44 bits per heavy atom. The molecule has 0 saturated carbocycles. The first-order valence-corrected chi connectivity index (χ1v) is 4.77. The molecular formula is C8H16S. The van der Waals surface area contributed by atoms with Gasteiger partial charge < -0.3 is 0 Å². The van der Waals surface area contributed by atoms with Crippen LogP contribution in [0.3, 0.4) is 0 Å². The van der Waals surface area contributed by atoms with Gasteiger partial charge in [-0.05, 0) is 24.0 Å². The third-order valence-electron chi connectivity index (χ3n) is 2.02. The number of hydrogen-bond acceptors (Lipinski definition) is 1. The van der Waals surface area contributed by atoms with Crippen molar-refractivity contribution in [2.24, 2.45) is 5.41 Å². The molecule has 1 aliphatic rings. The Hall–Kier alpha value is 0.350. The van der Waals surface area contributed by atoms with Gasteiger partial charge in [-0.2, -0.15) is 11.8 Å². The van der Waals surface area contributed by atoms with Gasteiger partial charge in [-0.25, -0.2) is 0 Å². The van der Waals surface area contributed by atoms with Crippen molar-refractivity contribution < 1.29 is 0 Å². The standard InChI is InChI=1S/C8H16S/c1-7-6-8(2,3)4-5-9-7/h7H,4-6H2,1-3H3. The second-order valence-electron chi connectivity index (χ2n) is 3.80. The summed E-state index contributed by atoms with van der Waals surface area (Å²) in [6, 6.07) is 0. The summed E-state index contributed by atoms with van der Waals surface area (Å²) >= 11 is 2.12. The second-order valence-corrected chi connectivity index (χ2v) is 5.35. The minimum Gasteiger partial charge on any atom is -0.159 e. The highest BCUT2D eigenvalue weighted by Crippen LogP contribution is 2.37. The average molecular weight is 144 g/mol. The second kappa shape index (κ2) is 2.53. The largest absolute Gasteiger partial charge is 0.159 e. The maximum atomic E-state index is 2.38. The van der Waals surface area contributed by atoms with E-state index in [4.69, 9.17) is 0 Å². The molecule has 1 aliphatic heterocycles. The van der Waals surface area contributed by atoms with E-state index in [1.54, 1.807) is 0 Å². The van der Waals surface area contributed by atoms with Crippen LogP contribution in [-0.4, -0.2) is 11.0 Å². The normalized spacial score (nSPS) is 34.3. The smallest absolute Gasteiger partial charge is 0.00238 e. The van der Waals surface area contributed by atoms with Crippen LogP contribution < -0.4 is 0 Å². The monoisotopic (exact) mass is 144 g/mol. The van der Waals surface area contributed by atoms with E-state index in [0.29, 0.717) is 5.41 Å². The van der Waals surface area contributed by atoms with Crippen molar-refractivity contribution in [3.8, 4) is 0 Å². The molecule has 0 nitrogen and oxygen atoms in total. The molecule has 1 unspecified atom stereocenters. The zero-order valence-electron chi connectivity index (χ0n) is 6.61. The summed E-state index contributed by atoms with van der Waals surface area (Å²) in [5, 5.41) is 0.897. The van der Waals surface area contributed by atoms with Crippen molar-refractivity contribution in [3.05, 3.63) is 0 Å². The van der Waals surface area contributed by atoms with Gasteiger partial charge in [-0.1, -0.05) is 20.8 Å². The maximum absolute atomic E-state index is 2.38. The fraction of sp³-hybridized carbons (Fsp3) is 1.00. The lowest BCUT2D eigenvalue weighted by Crippen LogP contribution is -2.22. The predicted molar refractivity (Wildman–Crippen MR) is 44.9 cm³/mol. The number of hydrogen-bond donors (Lipinski definition) is 0. The zero-order chi connectivity index (χ0) is 6.91. The Labute approximate surface area is 62.4 Å². The quantitative estimate of drug-likeness (QED) is 0.503. The average Bonchev–Trinajstić information content (AvgIpc) is 1.60. The molecule has 0 radical (unpaired) electrons. The molecule has 1 saturated heterocycles. The fourth-order valence-corrected chi connectivity index (χ4v) is 3.12. The van der Waals surface area contributed by atoms with Crippen LogP contribution in [0.15, 0.2) is 0 Å². The van der Waals surface area contributed by atoms with Gasteiger partial charge in [0.2, 0.25) is 0 Å². The number of thioether (sulfide) groups is 1. The van der Waals surface area contributed by atoms with Crippen molar-refractivity contribution in [2.45, 2.75) is 38.9 Å². The molecule has 0 aromatic carbocycles. The SMILES string of the molecule is CC1CC(C)(C)CCS1. The first kappa shape index (κ1) is 7.46. The van der Waals surface area contributed by atoms with Crippen molar-refractivity contribution in [1.29, 1.82) is 0 Å². The summed E-state index contributed by atoms with van der Waals surface area (Å²) in [7, 11) is 0. The highest BCUT2D eigenvalue weighted by atomic mass is 32.2. The molecule has 0 bridgehead atoms. The van der Waals surface area contributed by atoms with E-state index < -0.39 is 0 Å². The Morgan fingerprint density at radius 3 is 2.44 bits per heavy atom. The van der Waals surface area contributed by atoms with Gasteiger partial charge >= 0.3 is 0 Å². The summed E-state index contributed by atoms with van der Waals surface area (Å²) in [6.07, 6.45) is 2.81. The molecule has 0 N–H and O–H groups in total. The molecule has 9 heavy (non-hydrogen) atoms. The molecule has 0 aromatic heterocycles. The van der Waals surface area contributed by atoms with Gasteiger partial charge in [-0.3, -0.25) is 0 Å². The highest BCUT2D eigenvalue weighted by molar-refractivity contribution is 7.99. The first-order valence-electron chi connectivity index (χ1n) is 3.72. The fourth-order valence-electron chi connectivity index (χ4n) is 1.48. The topological polar surface area (TPSA) is 0 Å². The third-order valence-corrected chi connectivity index (χ3v) is 3.20. The molecule has 0 spiro atoms.